The maximum Gasteiger partial charge on any atom is 0.0908 e. The largest absolute Gasteiger partial charge is 0.301 e. The fourth-order valence-corrected chi connectivity index (χ4v) is 6.72. The van der Waals surface area contributed by atoms with E-state index >= 15 is 0 Å². The summed E-state index contributed by atoms with van der Waals surface area (Å²) in [6.07, 6.45) is 22.2. The van der Waals surface area contributed by atoms with E-state index in [-0.39, 0.29) is 0 Å². The monoisotopic (exact) mass is 370 g/mol. The van der Waals surface area contributed by atoms with E-state index in [1.165, 1.54) is 56.7 Å². The summed E-state index contributed by atoms with van der Waals surface area (Å²) in [6.45, 7) is 6.99. The normalized spacial score (nSPS) is 39.3. The molecule has 0 aromatic carbocycles. The first-order chi connectivity index (χ1) is 12.8. The molecule has 4 unspecified atom stereocenters. The van der Waals surface area contributed by atoms with E-state index in [4.69, 9.17) is 4.99 Å². The van der Waals surface area contributed by atoms with Gasteiger partial charge in [0.2, 0.25) is 0 Å². The maximum atomic E-state index is 5.15. The van der Waals surface area contributed by atoms with Crippen molar-refractivity contribution in [3.63, 3.8) is 0 Å². The molecule has 0 aromatic heterocycles. The Hall–Kier alpha value is -0.800. The molecule has 0 spiro atoms. The first kappa shape index (κ1) is 18.6. The molecule has 0 bridgehead atoms. The second-order valence-electron chi connectivity index (χ2n) is 8.35. The highest BCUT2D eigenvalue weighted by Gasteiger charge is 2.41. The first-order valence-electron chi connectivity index (χ1n) is 10.8. The van der Waals surface area contributed by atoms with Gasteiger partial charge in [-0.2, -0.15) is 0 Å². The van der Waals surface area contributed by atoms with Crippen molar-refractivity contribution >= 4 is 16.8 Å². The van der Waals surface area contributed by atoms with E-state index in [1.807, 2.05) is 11.8 Å². The van der Waals surface area contributed by atoms with Gasteiger partial charge < -0.3 is 4.90 Å². The fourth-order valence-electron chi connectivity index (χ4n) is 5.43. The second kappa shape index (κ2) is 8.48. The number of nitrogens with zero attached hydrogens (tertiary/aromatic N) is 2. The minimum absolute atomic E-state index is 0.512. The van der Waals surface area contributed by atoms with Gasteiger partial charge >= 0.3 is 0 Å². The Morgan fingerprint density at radius 3 is 2.58 bits per heavy atom. The molecule has 0 aromatic rings. The summed E-state index contributed by atoms with van der Waals surface area (Å²) in [7, 11) is 0. The van der Waals surface area contributed by atoms with Gasteiger partial charge in [-0.15, -0.1) is 11.8 Å². The lowest BCUT2D eigenvalue weighted by atomic mass is 9.74. The van der Waals surface area contributed by atoms with Gasteiger partial charge in [0.1, 0.15) is 0 Å². The van der Waals surface area contributed by atoms with Crippen LogP contribution in [0, 0.1) is 17.8 Å². The standard InChI is InChI=1S/C23H34N2S/c1-3-25(4-2)19-13-9-17(10-14-19)11-16-22-24-23-20-8-6-5-7-18(20)12-15-21(23)26-22/h5-8,11,16-21,23H,3-4,9-10,12-15H2,1-2H3/b16-11+. The van der Waals surface area contributed by atoms with Crippen molar-refractivity contribution in [2.75, 3.05) is 13.1 Å². The summed E-state index contributed by atoms with van der Waals surface area (Å²) in [5.41, 5.74) is 0. The number of hydrogen-bond acceptors (Lipinski definition) is 3. The number of fused-ring (bicyclic) bond motifs is 3. The van der Waals surface area contributed by atoms with E-state index in [0.717, 1.165) is 17.9 Å². The van der Waals surface area contributed by atoms with Crippen LogP contribution in [0.15, 0.2) is 41.4 Å². The molecule has 2 nitrogen and oxygen atoms in total. The van der Waals surface area contributed by atoms with Gasteiger partial charge in [0, 0.05) is 17.2 Å². The predicted molar refractivity (Wildman–Crippen MR) is 115 cm³/mol. The van der Waals surface area contributed by atoms with E-state index in [0.29, 0.717) is 17.2 Å². The quantitative estimate of drug-likeness (QED) is 0.637. The molecular weight excluding hydrogens is 336 g/mol. The molecule has 0 saturated heterocycles. The van der Waals surface area contributed by atoms with Crippen LogP contribution in [-0.4, -0.2) is 40.4 Å². The molecule has 0 N–H and O–H groups in total. The zero-order valence-electron chi connectivity index (χ0n) is 16.4. The molecule has 2 saturated carbocycles. The molecular formula is C23H34N2S. The summed E-state index contributed by atoms with van der Waals surface area (Å²) >= 11 is 2.05. The van der Waals surface area contributed by atoms with Crippen LogP contribution in [0.1, 0.15) is 52.4 Å². The van der Waals surface area contributed by atoms with E-state index in [2.05, 4.69) is 55.2 Å². The van der Waals surface area contributed by atoms with Gasteiger partial charge in [-0.1, -0.05) is 44.2 Å². The van der Waals surface area contributed by atoms with Crippen molar-refractivity contribution in [3.8, 4) is 0 Å². The lowest BCUT2D eigenvalue weighted by Crippen LogP contribution is -2.37. The Bertz CT molecular complexity index is 593. The third kappa shape index (κ3) is 3.89. The lowest BCUT2D eigenvalue weighted by Gasteiger charge is -2.36. The van der Waals surface area contributed by atoms with E-state index in [9.17, 15) is 0 Å². The maximum absolute atomic E-state index is 5.15. The molecule has 3 aliphatic carbocycles. The molecule has 1 aliphatic heterocycles. The van der Waals surface area contributed by atoms with Crippen LogP contribution in [-0.2, 0) is 0 Å². The fraction of sp³-hybridized carbons (Fsp3) is 0.696. The van der Waals surface area contributed by atoms with Crippen LogP contribution in [0.4, 0.5) is 0 Å². The van der Waals surface area contributed by atoms with Crippen molar-refractivity contribution in [2.45, 2.75) is 69.7 Å². The first-order valence-corrected chi connectivity index (χ1v) is 11.7. The van der Waals surface area contributed by atoms with Gasteiger partial charge in [0.25, 0.3) is 0 Å². The summed E-state index contributed by atoms with van der Waals surface area (Å²) in [4.78, 5) is 7.79. The van der Waals surface area contributed by atoms with Gasteiger partial charge in [-0.3, -0.25) is 4.99 Å². The van der Waals surface area contributed by atoms with Crippen LogP contribution >= 0.6 is 11.8 Å². The number of aliphatic imine (C=N–C) groups is 1. The van der Waals surface area contributed by atoms with Crippen LogP contribution in [0.2, 0.25) is 0 Å². The lowest BCUT2D eigenvalue weighted by molar-refractivity contribution is 0.159. The van der Waals surface area contributed by atoms with Crippen molar-refractivity contribution < 1.29 is 0 Å². The zero-order chi connectivity index (χ0) is 17.9. The molecule has 4 rings (SSSR count). The number of allylic oxidation sites excluding steroid dienone is 4. The average molecular weight is 371 g/mol. The van der Waals surface area contributed by atoms with Crippen LogP contribution in [0.25, 0.3) is 0 Å². The highest BCUT2D eigenvalue weighted by atomic mass is 32.2. The summed E-state index contributed by atoms with van der Waals surface area (Å²) in [5.74, 6) is 2.13. The zero-order valence-corrected chi connectivity index (χ0v) is 17.2. The van der Waals surface area contributed by atoms with Gasteiger partial charge in [0.05, 0.1) is 11.1 Å². The third-order valence-corrected chi connectivity index (χ3v) is 8.29. The van der Waals surface area contributed by atoms with E-state index < -0.39 is 0 Å². The molecule has 26 heavy (non-hydrogen) atoms. The summed E-state index contributed by atoms with van der Waals surface area (Å²) < 4.78 is 0. The van der Waals surface area contributed by atoms with E-state index in [1.54, 1.807) is 0 Å². The van der Waals surface area contributed by atoms with Crippen molar-refractivity contribution in [1.82, 2.24) is 4.90 Å². The number of rotatable bonds is 5. The van der Waals surface area contributed by atoms with Crippen LogP contribution < -0.4 is 0 Å². The predicted octanol–water partition coefficient (Wildman–Crippen LogP) is 5.48. The topological polar surface area (TPSA) is 15.6 Å². The minimum atomic E-state index is 0.512. The Labute approximate surface area is 163 Å². The SMILES string of the molecule is CCN(CC)C1CCC(/C=C/C2=NC3C(CCC4C=CC=CC43)S2)CC1. The van der Waals surface area contributed by atoms with Gasteiger partial charge in [0.15, 0.2) is 0 Å². The van der Waals surface area contributed by atoms with Gasteiger partial charge in [-0.25, -0.2) is 0 Å². The van der Waals surface area contributed by atoms with Crippen molar-refractivity contribution in [1.29, 1.82) is 0 Å². The van der Waals surface area contributed by atoms with Crippen LogP contribution in [0.3, 0.4) is 0 Å². The van der Waals surface area contributed by atoms with Crippen molar-refractivity contribution in [2.24, 2.45) is 22.7 Å². The molecule has 0 amide bonds. The minimum Gasteiger partial charge on any atom is -0.301 e. The average Bonchev–Trinajstić information content (AvgIpc) is 3.12. The summed E-state index contributed by atoms with van der Waals surface area (Å²) in [6, 6.07) is 1.33. The van der Waals surface area contributed by atoms with Crippen molar-refractivity contribution in [3.05, 3.63) is 36.5 Å². The molecule has 3 heteroatoms. The smallest absolute Gasteiger partial charge is 0.0908 e. The second-order valence-corrected chi connectivity index (χ2v) is 9.61. The Kier molecular flexibility index (Phi) is 6.05. The molecule has 0 radical (unpaired) electrons. The number of hydrogen-bond donors (Lipinski definition) is 0. The molecule has 1 heterocycles. The van der Waals surface area contributed by atoms with Crippen LogP contribution in [0.5, 0.6) is 0 Å². The molecule has 2 fully saturated rings. The molecule has 4 aliphatic rings. The highest BCUT2D eigenvalue weighted by Crippen LogP contribution is 2.45. The Balaban J connectivity index is 1.32. The number of thioether (sulfide) groups is 1. The van der Waals surface area contributed by atoms with Gasteiger partial charge in [-0.05, 0) is 69.5 Å². The highest BCUT2D eigenvalue weighted by molar-refractivity contribution is 8.15. The molecule has 142 valence electrons. The third-order valence-electron chi connectivity index (χ3n) is 6.99. The Morgan fingerprint density at radius 2 is 1.81 bits per heavy atom. The Morgan fingerprint density at radius 1 is 1.04 bits per heavy atom. The molecule has 4 atom stereocenters. The summed E-state index contributed by atoms with van der Waals surface area (Å²) in [5, 5.41) is 2.01.